The van der Waals surface area contributed by atoms with Crippen LogP contribution in [0.4, 0.5) is 13.2 Å². The second-order valence-electron chi connectivity index (χ2n) is 2.37. The standard InChI is InChI=1S/C8H6F3NO/c9-5-2-7(11)6(10)1-4(5)8(13)3-12/h1-2H,3,12H2. The van der Waals surface area contributed by atoms with E-state index in [9.17, 15) is 18.0 Å². The smallest absolute Gasteiger partial charge is 0.179 e. The minimum atomic E-state index is -1.33. The number of Topliss-reactive ketones (excluding diaryl/α,β-unsaturated/α-hetero) is 1. The number of carbonyl (C=O) groups excluding carboxylic acids is 1. The Labute approximate surface area is 72.2 Å². The second-order valence-corrected chi connectivity index (χ2v) is 2.37. The number of hydrogen-bond acceptors (Lipinski definition) is 2. The molecule has 0 bridgehead atoms. The zero-order valence-electron chi connectivity index (χ0n) is 6.48. The first-order chi connectivity index (χ1) is 6.06. The van der Waals surface area contributed by atoms with E-state index in [0.717, 1.165) is 0 Å². The van der Waals surface area contributed by atoms with Crippen LogP contribution in [0.5, 0.6) is 0 Å². The first-order valence-corrected chi connectivity index (χ1v) is 3.44. The van der Waals surface area contributed by atoms with E-state index >= 15 is 0 Å². The molecule has 0 aliphatic heterocycles. The van der Waals surface area contributed by atoms with Gasteiger partial charge in [-0.25, -0.2) is 13.2 Å². The fraction of sp³-hybridized carbons (Fsp3) is 0.125. The van der Waals surface area contributed by atoms with E-state index in [-0.39, 0.29) is 0 Å². The zero-order valence-corrected chi connectivity index (χ0v) is 6.48. The first kappa shape index (κ1) is 9.73. The summed E-state index contributed by atoms with van der Waals surface area (Å²) in [6.07, 6.45) is 0. The maximum atomic E-state index is 12.8. The molecule has 1 aromatic carbocycles. The van der Waals surface area contributed by atoms with E-state index in [1.54, 1.807) is 0 Å². The molecule has 0 aliphatic carbocycles. The fourth-order valence-electron chi connectivity index (χ4n) is 0.846. The summed E-state index contributed by atoms with van der Waals surface area (Å²) < 4.78 is 37.7. The lowest BCUT2D eigenvalue weighted by Gasteiger charge is -2.00. The molecule has 0 saturated heterocycles. The van der Waals surface area contributed by atoms with Crippen molar-refractivity contribution in [1.29, 1.82) is 0 Å². The van der Waals surface area contributed by atoms with E-state index in [1.165, 1.54) is 0 Å². The molecule has 0 spiro atoms. The maximum Gasteiger partial charge on any atom is 0.179 e. The Morgan fingerprint density at radius 1 is 1.15 bits per heavy atom. The number of ketones is 1. The molecule has 0 unspecified atom stereocenters. The van der Waals surface area contributed by atoms with E-state index in [4.69, 9.17) is 5.73 Å². The van der Waals surface area contributed by atoms with Crippen LogP contribution in [0, 0.1) is 17.5 Å². The van der Waals surface area contributed by atoms with Gasteiger partial charge in [-0.2, -0.15) is 0 Å². The number of nitrogens with two attached hydrogens (primary N) is 1. The Morgan fingerprint density at radius 3 is 2.23 bits per heavy atom. The van der Waals surface area contributed by atoms with Crippen molar-refractivity contribution in [3.63, 3.8) is 0 Å². The van der Waals surface area contributed by atoms with Crippen LogP contribution in [0.2, 0.25) is 0 Å². The summed E-state index contributed by atoms with van der Waals surface area (Å²) in [4.78, 5) is 10.8. The van der Waals surface area contributed by atoms with Gasteiger partial charge < -0.3 is 5.73 Å². The Bertz CT molecular complexity index is 351. The lowest BCUT2D eigenvalue weighted by molar-refractivity contribution is 0.0997. The largest absolute Gasteiger partial charge is 0.324 e. The van der Waals surface area contributed by atoms with Crippen molar-refractivity contribution in [1.82, 2.24) is 0 Å². The third kappa shape index (κ3) is 1.86. The van der Waals surface area contributed by atoms with Gasteiger partial charge in [0.1, 0.15) is 5.82 Å². The van der Waals surface area contributed by atoms with Gasteiger partial charge in [0.2, 0.25) is 0 Å². The summed E-state index contributed by atoms with van der Waals surface area (Å²) in [6, 6.07) is 0.818. The van der Waals surface area contributed by atoms with Crippen LogP contribution in [0.1, 0.15) is 10.4 Å². The van der Waals surface area contributed by atoms with Crippen LogP contribution in [0.15, 0.2) is 12.1 Å². The topological polar surface area (TPSA) is 43.1 Å². The minimum absolute atomic E-state index is 0.318. The number of halogens is 3. The average molecular weight is 189 g/mol. The first-order valence-electron chi connectivity index (χ1n) is 3.44. The van der Waals surface area contributed by atoms with Crippen molar-refractivity contribution < 1.29 is 18.0 Å². The molecule has 5 heteroatoms. The van der Waals surface area contributed by atoms with Crippen LogP contribution in [0.3, 0.4) is 0 Å². The summed E-state index contributed by atoms with van der Waals surface area (Å²) in [5, 5.41) is 0. The van der Waals surface area contributed by atoms with Crippen molar-refractivity contribution in [2.75, 3.05) is 6.54 Å². The number of carbonyl (C=O) groups is 1. The van der Waals surface area contributed by atoms with Crippen molar-refractivity contribution in [2.45, 2.75) is 0 Å². The van der Waals surface area contributed by atoms with E-state index in [1.807, 2.05) is 0 Å². The van der Waals surface area contributed by atoms with Gasteiger partial charge in [0.25, 0.3) is 0 Å². The Hall–Kier alpha value is -1.36. The molecule has 0 atom stereocenters. The Kier molecular flexibility index (Phi) is 2.67. The number of benzene rings is 1. The monoisotopic (exact) mass is 189 g/mol. The normalized spacial score (nSPS) is 10.2. The highest BCUT2D eigenvalue weighted by molar-refractivity contribution is 5.97. The van der Waals surface area contributed by atoms with Crippen LogP contribution < -0.4 is 5.73 Å². The summed E-state index contributed by atoms with van der Waals surface area (Å²) >= 11 is 0. The van der Waals surface area contributed by atoms with Crippen molar-refractivity contribution >= 4 is 5.78 Å². The van der Waals surface area contributed by atoms with Gasteiger partial charge in [0.05, 0.1) is 12.1 Å². The average Bonchev–Trinajstić information content (AvgIpc) is 2.10. The Balaban J connectivity index is 3.23. The van der Waals surface area contributed by atoms with Crippen LogP contribution >= 0.6 is 0 Å². The predicted octanol–water partition coefficient (Wildman–Crippen LogP) is 1.25. The molecule has 0 fully saturated rings. The summed E-state index contributed by atoms with van der Waals surface area (Å²) in [5.74, 6) is -4.46. The lowest BCUT2D eigenvalue weighted by atomic mass is 10.1. The van der Waals surface area contributed by atoms with Gasteiger partial charge in [0, 0.05) is 6.07 Å². The molecule has 0 amide bonds. The summed E-state index contributed by atoms with van der Waals surface area (Å²) in [5.41, 5.74) is 4.40. The van der Waals surface area contributed by atoms with E-state index in [2.05, 4.69) is 0 Å². The van der Waals surface area contributed by atoms with Crippen molar-refractivity contribution in [3.05, 3.63) is 35.1 Å². The zero-order chi connectivity index (χ0) is 10.0. The van der Waals surface area contributed by atoms with Gasteiger partial charge in [-0.1, -0.05) is 0 Å². The molecule has 0 radical (unpaired) electrons. The molecule has 0 heterocycles. The van der Waals surface area contributed by atoms with Crippen molar-refractivity contribution in [2.24, 2.45) is 5.73 Å². The maximum absolute atomic E-state index is 12.8. The van der Waals surface area contributed by atoms with Gasteiger partial charge in [0.15, 0.2) is 17.4 Å². The van der Waals surface area contributed by atoms with Gasteiger partial charge >= 0.3 is 0 Å². The van der Waals surface area contributed by atoms with Crippen molar-refractivity contribution in [3.8, 4) is 0 Å². The SMILES string of the molecule is NCC(=O)c1cc(F)c(F)cc1F. The van der Waals surface area contributed by atoms with E-state index in [0.29, 0.717) is 12.1 Å². The minimum Gasteiger partial charge on any atom is -0.324 e. The second kappa shape index (κ2) is 3.57. The van der Waals surface area contributed by atoms with Crippen LogP contribution in [-0.4, -0.2) is 12.3 Å². The van der Waals surface area contributed by atoms with Crippen LogP contribution in [0.25, 0.3) is 0 Å². The summed E-state index contributed by atoms with van der Waals surface area (Å²) in [7, 11) is 0. The number of hydrogen-bond donors (Lipinski definition) is 1. The molecular formula is C8H6F3NO. The molecule has 0 aliphatic rings. The predicted molar refractivity (Wildman–Crippen MR) is 39.7 cm³/mol. The van der Waals surface area contributed by atoms with Gasteiger partial charge in [-0.05, 0) is 6.07 Å². The molecule has 0 saturated carbocycles. The number of rotatable bonds is 2. The molecule has 70 valence electrons. The molecule has 2 nitrogen and oxygen atoms in total. The molecule has 0 aromatic heterocycles. The summed E-state index contributed by atoms with van der Waals surface area (Å²) in [6.45, 7) is -0.442. The van der Waals surface area contributed by atoms with Crippen LogP contribution in [-0.2, 0) is 0 Å². The highest BCUT2D eigenvalue weighted by Crippen LogP contribution is 2.13. The fourth-order valence-corrected chi connectivity index (χ4v) is 0.846. The third-order valence-electron chi connectivity index (χ3n) is 1.50. The lowest BCUT2D eigenvalue weighted by Crippen LogP contribution is -2.15. The molecule has 13 heavy (non-hydrogen) atoms. The Morgan fingerprint density at radius 2 is 1.69 bits per heavy atom. The van der Waals surface area contributed by atoms with Gasteiger partial charge in [-0.3, -0.25) is 4.79 Å². The molecule has 1 rings (SSSR count). The molecule has 2 N–H and O–H groups in total. The quantitative estimate of drug-likeness (QED) is 0.562. The molecule has 1 aromatic rings. The van der Waals surface area contributed by atoms with Gasteiger partial charge in [-0.15, -0.1) is 0 Å². The highest BCUT2D eigenvalue weighted by atomic mass is 19.2. The third-order valence-corrected chi connectivity index (χ3v) is 1.50. The highest BCUT2D eigenvalue weighted by Gasteiger charge is 2.14. The van der Waals surface area contributed by atoms with E-state index < -0.39 is 35.3 Å². The molecular weight excluding hydrogens is 183 g/mol.